The molecule has 0 unspecified atom stereocenters. The summed E-state index contributed by atoms with van der Waals surface area (Å²) < 4.78 is 3.76. The second-order valence-electron chi connectivity index (χ2n) is 4.37. The fraction of sp³-hybridized carbons (Fsp3) is 0.417. The predicted molar refractivity (Wildman–Crippen MR) is 71.9 cm³/mol. The molecule has 5 nitrogen and oxygen atoms in total. The third-order valence-electron chi connectivity index (χ3n) is 3.15. The van der Waals surface area contributed by atoms with Gasteiger partial charge in [-0.2, -0.15) is 10.2 Å². The number of rotatable bonds is 2. The topological polar surface area (TPSA) is 48.0 Å². The van der Waals surface area contributed by atoms with Crippen LogP contribution in [0.25, 0.3) is 16.2 Å². The van der Waals surface area contributed by atoms with Gasteiger partial charge in [0.25, 0.3) is 0 Å². The van der Waals surface area contributed by atoms with Gasteiger partial charge in [0.05, 0.1) is 17.6 Å². The zero-order valence-electron chi connectivity index (χ0n) is 10.9. The van der Waals surface area contributed by atoms with Crippen LogP contribution in [0.3, 0.4) is 0 Å². The molecule has 0 aliphatic heterocycles. The van der Waals surface area contributed by atoms with Gasteiger partial charge in [-0.1, -0.05) is 18.3 Å². The molecule has 0 N–H and O–H groups in total. The molecule has 94 valence electrons. The molecule has 0 aliphatic rings. The van der Waals surface area contributed by atoms with Gasteiger partial charge in [-0.3, -0.25) is 4.68 Å². The first kappa shape index (κ1) is 11.4. The lowest BCUT2D eigenvalue weighted by Gasteiger charge is -1.96. The Hall–Kier alpha value is -1.69. The van der Waals surface area contributed by atoms with E-state index in [1.54, 1.807) is 11.3 Å². The number of aromatic nitrogens is 5. The normalized spacial score (nSPS) is 11.6. The summed E-state index contributed by atoms with van der Waals surface area (Å²) in [4.78, 5) is 5.60. The summed E-state index contributed by atoms with van der Waals surface area (Å²) in [5.41, 5.74) is 4.22. The Morgan fingerprint density at radius 2 is 2.06 bits per heavy atom. The van der Waals surface area contributed by atoms with Crippen molar-refractivity contribution in [1.82, 2.24) is 24.4 Å². The van der Waals surface area contributed by atoms with E-state index < -0.39 is 0 Å². The van der Waals surface area contributed by atoms with Gasteiger partial charge in [-0.15, -0.1) is 0 Å². The lowest BCUT2D eigenvalue weighted by atomic mass is 10.1. The van der Waals surface area contributed by atoms with E-state index in [9.17, 15) is 0 Å². The molecule has 3 aromatic rings. The fourth-order valence-corrected chi connectivity index (χ4v) is 2.96. The van der Waals surface area contributed by atoms with Crippen LogP contribution in [0.15, 0.2) is 6.20 Å². The number of aryl methyl sites for hydroxylation is 3. The second kappa shape index (κ2) is 3.91. The minimum absolute atomic E-state index is 0.949. The van der Waals surface area contributed by atoms with Gasteiger partial charge >= 0.3 is 0 Å². The third kappa shape index (κ3) is 1.56. The van der Waals surface area contributed by atoms with E-state index >= 15 is 0 Å². The summed E-state index contributed by atoms with van der Waals surface area (Å²) in [7, 11) is 1.96. The first-order valence-corrected chi connectivity index (χ1v) is 6.77. The van der Waals surface area contributed by atoms with Gasteiger partial charge in [0.15, 0.2) is 0 Å². The van der Waals surface area contributed by atoms with E-state index in [1.807, 2.05) is 29.4 Å². The van der Waals surface area contributed by atoms with Gasteiger partial charge in [0.2, 0.25) is 4.96 Å². The highest BCUT2D eigenvalue weighted by Gasteiger charge is 2.16. The van der Waals surface area contributed by atoms with Crippen LogP contribution in [0, 0.1) is 13.8 Å². The standard InChI is InChI=1S/C12H15N5S/c1-5-10-15-17-6-9(13-12(17)18-10)11-7(2)14-16(4)8(11)3/h6H,5H2,1-4H3. The summed E-state index contributed by atoms with van der Waals surface area (Å²) in [5.74, 6) is 0. The van der Waals surface area contributed by atoms with Crippen LogP contribution in [0.1, 0.15) is 23.3 Å². The minimum atomic E-state index is 0.949. The summed E-state index contributed by atoms with van der Waals surface area (Å²) in [6.07, 6.45) is 2.94. The lowest BCUT2D eigenvalue weighted by Crippen LogP contribution is -1.92. The Bertz CT molecular complexity index is 687. The molecule has 0 aliphatic carbocycles. The highest BCUT2D eigenvalue weighted by molar-refractivity contribution is 7.16. The highest BCUT2D eigenvalue weighted by atomic mass is 32.1. The summed E-state index contributed by atoms with van der Waals surface area (Å²) in [5, 5.41) is 10.0. The minimum Gasteiger partial charge on any atom is -0.272 e. The van der Waals surface area contributed by atoms with Crippen LogP contribution in [-0.4, -0.2) is 24.4 Å². The molecule has 0 fully saturated rings. The molecule has 0 saturated heterocycles. The largest absolute Gasteiger partial charge is 0.272 e. The SMILES string of the molecule is CCc1nn2cc(-c3c(C)nn(C)c3C)nc2s1. The molecule has 0 aromatic carbocycles. The van der Waals surface area contributed by atoms with Crippen molar-refractivity contribution in [2.45, 2.75) is 27.2 Å². The Labute approximate surface area is 109 Å². The van der Waals surface area contributed by atoms with Gasteiger partial charge in [0.1, 0.15) is 5.01 Å². The molecule has 0 radical (unpaired) electrons. The van der Waals surface area contributed by atoms with E-state index in [1.165, 1.54) is 0 Å². The van der Waals surface area contributed by atoms with E-state index in [-0.39, 0.29) is 0 Å². The van der Waals surface area contributed by atoms with E-state index in [0.717, 1.165) is 39.0 Å². The van der Waals surface area contributed by atoms with Crippen LogP contribution in [-0.2, 0) is 13.5 Å². The quantitative estimate of drug-likeness (QED) is 0.711. The van der Waals surface area contributed by atoms with E-state index in [2.05, 4.69) is 29.0 Å². The van der Waals surface area contributed by atoms with Crippen LogP contribution in [0.2, 0.25) is 0 Å². The maximum atomic E-state index is 4.65. The zero-order chi connectivity index (χ0) is 12.9. The molecule has 3 aromatic heterocycles. The maximum absolute atomic E-state index is 4.65. The molecule has 0 bridgehead atoms. The molecule has 0 atom stereocenters. The average Bonchev–Trinajstić information content (AvgIpc) is 2.92. The molecule has 18 heavy (non-hydrogen) atoms. The van der Waals surface area contributed by atoms with Crippen molar-refractivity contribution in [2.75, 3.05) is 0 Å². The smallest absolute Gasteiger partial charge is 0.212 e. The number of hydrogen-bond donors (Lipinski definition) is 0. The molecule has 3 heterocycles. The van der Waals surface area contributed by atoms with Gasteiger partial charge in [-0.25, -0.2) is 9.50 Å². The Morgan fingerprint density at radius 3 is 2.61 bits per heavy atom. The summed E-state index contributed by atoms with van der Waals surface area (Å²) in [6.45, 7) is 6.18. The highest BCUT2D eigenvalue weighted by Crippen LogP contribution is 2.27. The molecular formula is C12H15N5S. The Balaban J connectivity index is 2.16. The van der Waals surface area contributed by atoms with Gasteiger partial charge in [0, 0.05) is 18.3 Å². The lowest BCUT2D eigenvalue weighted by molar-refractivity contribution is 0.731. The van der Waals surface area contributed by atoms with Crippen molar-refractivity contribution in [2.24, 2.45) is 7.05 Å². The van der Waals surface area contributed by atoms with Crippen molar-refractivity contribution >= 4 is 16.3 Å². The second-order valence-corrected chi connectivity index (χ2v) is 5.41. The maximum Gasteiger partial charge on any atom is 0.212 e. The van der Waals surface area contributed by atoms with Crippen molar-refractivity contribution in [3.05, 3.63) is 22.6 Å². The van der Waals surface area contributed by atoms with Crippen LogP contribution in [0.4, 0.5) is 0 Å². The van der Waals surface area contributed by atoms with Crippen LogP contribution >= 0.6 is 11.3 Å². The molecule has 0 spiro atoms. The first-order chi connectivity index (χ1) is 8.60. The summed E-state index contributed by atoms with van der Waals surface area (Å²) in [6, 6.07) is 0. The van der Waals surface area contributed by atoms with E-state index in [4.69, 9.17) is 0 Å². The van der Waals surface area contributed by atoms with Crippen molar-refractivity contribution in [3.63, 3.8) is 0 Å². The predicted octanol–water partition coefficient (Wildman–Crippen LogP) is 2.37. The molecule has 6 heteroatoms. The number of nitrogens with zero attached hydrogens (tertiary/aromatic N) is 5. The molecule has 3 rings (SSSR count). The molecule has 0 saturated carbocycles. The summed E-state index contributed by atoms with van der Waals surface area (Å²) >= 11 is 1.64. The van der Waals surface area contributed by atoms with Gasteiger partial charge in [-0.05, 0) is 20.3 Å². The van der Waals surface area contributed by atoms with Crippen LogP contribution in [0.5, 0.6) is 0 Å². The van der Waals surface area contributed by atoms with Crippen molar-refractivity contribution in [1.29, 1.82) is 0 Å². The molecule has 0 amide bonds. The fourth-order valence-electron chi connectivity index (χ4n) is 2.15. The van der Waals surface area contributed by atoms with Crippen molar-refractivity contribution < 1.29 is 0 Å². The third-order valence-corrected chi connectivity index (χ3v) is 4.22. The first-order valence-electron chi connectivity index (χ1n) is 5.95. The monoisotopic (exact) mass is 261 g/mol. The van der Waals surface area contributed by atoms with Crippen molar-refractivity contribution in [3.8, 4) is 11.3 Å². The zero-order valence-corrected chi connectivity index (χ0v) is 11.7. The van der Waals surface area contributed by atoms with Crippen LogP contribution < -0.4 is 0 Å². The van der Waals surface area contributed by atoms with Gasteiger partial charge < -0.3 is 0 Å². The number of hydrogen-bond acceptors (Lipinski definition) is 4. The number of fused-ring (bicyclic) bond motifs is 1. The van der Waals surface area contributed by atoms with E-state index in [0.29, 0.717) is 0 Å². The molecular weight excluding hydrogens is 246 g/mol. The average molecular weight is 261 g/mol. The number of imidazole rings is 1. The Kier molecular flexibility index (Phi) is 2.48. The Morgan fingerprint density at radius 1 is 1.28 bits per heavy atom.